The number of nitrogens with one attached hydrogen (secondary N) is 1. The molecule has 0 aromatic carbocycles. The average Bonchev–Trinajstić information content (AvgIpc) is 2.10. The molecule has 0 saturated heterocycles. The largest absolute Gasteiger partial charge is 0.385 e. The maximum atomic E-state index is 11.2. The molecule has 1 N–H and O–H groups in total. The first-order valence-corrected chi connectivity index (χ1v) is 4.50. The summed E-state index contributed by atoms with van der Waals surface area (Å²) in [6.07, 6.45) is 0.460. The number of ketones is 1. The molecular formula is C8H14ClNO3. The summed E-state index contributed by atoms with van der Waals surface area (Å²) in [5.74, 6) is -0.511. The van der Waals surface area contributed by atoms with Gasteiger partial charge in [-0.2, -0.15) is 0 Å². The molecule has 0 fully saturated rings. The number of alkyl halides is 1. The lowest BCUT2D eigenvalue weighted by Gasteiger charge is -2.14. The Morgan fingerprint density at radius 1 is 1.54 bits per heavy atom. The van der Waals surface area contributed by atoms with Gasteiger partial charge >= 0.3 is 0 Å². The molecule has 5 heteroatoms. The van der Waals surface area contributed by atoms with E-state index in [9.17, 15) is 9.59 Å². The second-order valence-corrected chi connectivity index (χ2v) is 2.90. The van der Waals surface area contributed by atoms with Crippen molar-refractivity contribution in [2.45, 2.75) is 19.4 Å². The fourth-order valence-electron chi connectivity index (χ4n) is 0.888. The van der Waals surface area contributed by atoms with Crippen LogP contribution in [-0.4, -0.2) is 37.3 Å². The minimum atomic E-state index is -0.519. The van der Waals surface area contributed by atoms with Gasteiger partial charge in [-0.3, -0.25) is 9.59 Å². The third-order valence-electron chi connectivity index (χ3n) is 1.51. The van der Waals surface area contributed by atoms with Gasteiger partial charge < -0.3 is 10.1 Å². The van der Waals surface area contributed by atoms with E-state index in [4.69, 9.17) is 16.3 Å². The number of ether oxygens (including phenoxy) is 1. The average molecular weight is 208 g/mol. The quantitative estimate of drug-likeness (QED) is 0.639. The van der Waals surface area contributed by atoms with Crippen LogP contribution in [0.4, 0.5) is 0 Å². The fraction of sp³-hybridized carbons (Fsp3) is 0.750. The highest BCUT2D eigenvalue weighted by molar-refractivity contribution is 6.28. The Morgan fingerprint density at radius 2 is 2.15 bits per heavy atom. The molecule has 0 aromatic rings. The third-order valence-corrected chi connectivity index (χ3v) is 1.77. The Morgan fingerprint density at radius 3 is 2.54 bits per heavy atom. The van der Waals surface area contributed by atoms with E-state index in [1.54, 1.807) is 0 Å². The summed E-state index contributed by atoms with van der Waals surface area (Å²) in [6, 6.07) is -0.519. The standard InChI is InChI=1S/C8H14ClNO3/c1-6(11)10-7(3-4-13-2)8(12)5-9/h7H,3-5H2,1-2H3,(H,10,11). The number of hydrogen-bond donors (Lipinski definition) is 1. The number of Topliss-reactive ketones (excluding diaryl/α,β-unsaturated/α-hetero) is 1. The number of halogens is 1. The SMILES string of the molecule is COCCC(NC(C)=O)C(=O)CCl. The van der Waals surface area contributed by atoms with Crippen LogP contribution in [0, 0.1) is 0 Å². The summed E-state index contributed by atoms with van der Waals surface area (Å²) < 4.78 is 4.80. The zero-order valence-electron chi connectivity index (χ0n) is 7.80. The van der Waals surface area contributed by atoms with E-state index in [-0.39, 0.29) is 17.6 Å². The second-order valence-electron chi connectivity index (χ2n) is 2.63. The first-order chi connectivity index (χ1) is 6.11. The Bertz CT molecular complexity index is 184. The van der Waals surface area contributed by atoms with Crippen LogP contribution in [0.1, 0.15) is 13.3 Å². The van der Waals surface area contributed by atoms with Crippen LogP contribution in [0.5, 0.6) is 0 Å². The molecule has 0 spiro atoms. The van der Waals surface area contributed by atoms with Gasteiger partial charge in [0.05, 0.1) is 11.9 Å². The second kappa shape index (κ2) is 6.86. The monoisotopic (exact) mass is 207 g/mol. The Hall–Kier alpha value is -0.610. The first kappa shape index (κ1) is 12.4. The molecule has 0 saturated carbocycles. The van der Waals surface area contributed by atoms with Crippen LogP contribution in [0.25, 0.3) is 0 Å². The molecular weight excluding hydrogens is 194 g/mol. The highest BCUT2D eigenvalue weighted by Gasteiger charge is 2.17. The molecule has 4 nitrogen and oxygen atoms in total. The van der Waals surface area contributed by atoms with Gasteiger partial charge in [0.1, 0.15) is 0 Å². The summed E-state index contributed by atoms with van der Waals surface area (Å²) in [4.78, 5) is 21.8. The lowest BCUT2D eigenvalue weighted by atomic mass is 10.1. The van der Waals surface area contributed by atoms with Gasteiger partial charge in [-0.1, -0.05) is 0 Å². The van der Waals surface area contributed by atoms with Gasteiger partial charge in [-0.05, 0) is 6.42 Å². The molecule has 0 aromatic heterocycles. The number of carbonyl (C=O) groups is 2. The summed E-state index contributed by atoms with van der Waals surface area (Å²) in [6.45, 7) is 1.79. The highest BCUT2D eigenvalue weighted by atomic mass is 35.5. The van der Waals surface area contributed by atoms with Gasteiger partial charge in [-0.25, -0.2) is 0 Å². The molecule has 0 rings (SSSR count). The third kappa shape index (κ3) is 5.60. The summed E-state index contributed by atoms with van der Waals surface area (Å²) >= 11 is 5.37. The van der Waals surface area contributed by atoms with Gasteiger partial charge in [0.25, 0.3) is 0 Å². The molecule has 1 amide bonds. The summed E-state index contributed by atoms with van der Waals surface area (Å²) in [7, 11) is 1.54. The van der Waals surface area contributed by atoms with E-state index in [2.05, 4.69) is 5.32 Å². The Labute approximate surface area is 82.6 Å². The molecule has 0 radical (unpaired) electrons. The lowest BCUT2D eigenvalue weighted by Crippen LogP contribution is -2.41. The van der Waals surface area contributed by atoms with Crippen molar-refractivity contribution in [1.82, 2.24) is 5.32 Å². The van der Waals surface area contributed by atoms with Crippen LogP contribution >= 0.6 is 11.6 Å². The maximum absolute atomic E-state index is 11.2. The molecule has 0 aliphatic rings. The van der Waals surface area contributed by atoms with Crippen molar-refractivity contribution in [3.05, 3.63) is 0 Å². The molecule has 0 aliphatic carbocycles. The van der Waals surface area contributed by atoms with Crippen LogP contribution in [0.15, 0.2) is 0 Å². The molecule has 0 heterocycles. The molecule has 0 bridgehead atoms. The van der Waals surface area contributed by atoms with Gasteiger partial charge in [0.15, 0.2) is 5.78 Å². The van der Waals surface area contributed by atoms with E-state index in [0.717, 1.165) is 0 Å². The van der Waals surface area contributed by atoms with Crippen molar-refractivity contribution in [3.8, 4) is 0 Å². The first-order valence-electron chi connectivity index (χ1n) is 3.96. The van der Waals surface area contributed by atoms with Crippen LogP contribution in [0.2, 0.25) is 0 Å². The molecule has 76 valence electrons. The van der Waals surface area contributed by atoms with Crippen molar-refractivity contribution in [3.63, 3.8) is 0 Å². The number of carbonyl (C=O) groups excluding carboxylic acids is 2. The molecule has 1 unspecified atom stereocenters. The van der Waals surface area contributed by atoms with Crippen molar-refractivity contribution < 1.29 is 14.3 Å². The smallest absolute Gasteiger partial charge is 0.217 e. The fourth-order valence-corrected chi connectivity index (χ4v) is 1.07. The van der Waals surface area contributed by atoms with Crippen molar-refractivity contribution in [2.24, 2.45) is 0 Å². The summed E-state index contributed by atoms with van der Waals surface area (Å²) in [5.41, 5.74) is 0. The van der Waals surface area contributed by atoms with Gasteiger partial charge in [0, 0.05) is 20.6 Å². The van der Waals surface area contributed by atoms with E-state index in [1.807, 2.05) is 0 Å². The summed E-state index contributed by atoms with van der Waals surface area (Å²) in [5, 5.41) is 2.51. The molecule has 13 heavy (non-hydrogen) atoms. The van der Waals surface area contributed by atoms with Crippen LogP contribution < -0.4 is 5.32 Å². The lowest BCUT2D eigenvalue weighted by molar-refractivity contribution is -0.125. The topological polar surface area (TPSA) is 55.4 Å². The van der Waals surface area contributed by atoms with Crippen molar-refractivity contribution in [2.75, 3.05) is 19.6 Å². The number of amides is 1. The normalized spacial score (nSPS) is 12.2. The predicted octanol–water partition coefficient (Wildman–Crippen LogP) is 0.336. The molecule has 1 atom stereocenters. The maximum Gasteiger partial charge on any atom is 0.217 e. The van der Waals surface area contributed by atoms with Crippen molar-refractivity contribution in [1.29, 1.82) is 0 Å². The van der Waals surface area contributed by atoms with E-state index in [0.29, 0.717) is 13.0 Å². The molecule has 0 aliphatic heterocycles. The number of methoxy groups -OCH3 is 1. The van der Waals surface area contributed by atoms with Gasteiger partial charge in [0.2, 0.25) is 5.91 Å². The van der Waals surface area contributed by atoms with E-state index in [1.165, 1.54) is 14.0 Å². The van der Waals surface area contributed by atoms with Crippen LogP contribution in [-0.2, 0) is 14.3 Å². The van der Waals surface area contributed by atoms with Gasteiger partial charge in [-0.15, -0.1) is 11.6 Å². The minimum absolute atomic E-state index is 0.0886. The highest BCUT2D eigenvalue weighted by Crippen LogP contribution is 1.96. The Kier molecular flexibility index (Phi) is 6.54. The minimum Gasteiger partial charge on any atom is -0.385 e. The zero-order chi connectivity index (χ0) is 10.3. The Balaban J connectivity index is 4.02. The van der Waals surface area contributed by atoms with E-state index < -0.39 is 6.04 Å². The van der Waals surface area contributed by atoms with Crippen LogP contribution in [0.3, 0.4) is 0 Å². The predicted molar refractivity (Wildman–Crippen MR) is 49.8 cm³/mol. The zero-order valence-corrected chi connectivity index (χ0v) is 8.56. The number of rotatable bonds is 6. The number of hydrogen-bond acceptors (Lipinski definition) is 3. The van der Waals surface area contributed by atoms with Crippen molar-refractivity contribution >= 4 is 23.3 Å². The van der Waals surface area contributed by atoms with E-state index >= 15 is 0 Å².